The van der Waals surface area contributed by atoms with E-state index in [1.165, 1.54) is 12.8 Å². The van der Waals surface area contributed by atoms with E-state index in [1.807, 2.05) is 35.2 Å². The first-order valence-electron chi connectivity index (χ1n) is 7.85. The molecule has 1 amide bonds. The van der Waals surface area contributed by atoms with Crippen LogP contribution in [0.15, 0.2) is 30.3 Å². The lowest BCUT2D eigenvalue weighted by molar-refractivity contribution is -0.0840. The summed E-state index contributed by atoms with van der Waals surface area (Å²) in [6, 6.07) is 10.0. The number of nitrogens with zero attached hydrogens (tertiary/aromatic N) is 1. The molecule has 1 aromatic rings. The molecule has 0 bridgehead atoms. The molecule has 3 rings (SSSR count). The van der Waals surface area contributed by atoms with Gasteiger partial charge in [-0.15, -0.1) is 0 Å². The second kappa shape index (κ2) is 6.40. The van der Waals surface area contributed by atoms with Crippen LogP contribution in [0.4, 0.5) is 0 Å². The molecule has 0 spiro atoms. The van der Waals surface area contributed by atoms with Crippen molar-refractivity contribution in [3.8, 4) is 0 Å². The summed E-state index contributed by atoms with van der Waals surface area (Å²) in [4.78, 5) is 14.9. The monoisotopic (exact) mass is 273 g/mol. The molecule has 1 heterocycles. The maximum Gasteiger partial charge on any atom is 0.256 e. The maximum absolute atomic E-state index is 12.9. The lowest BCUT2D eigenvalue weighted by Gasteiger charge is -2.38. The highest BCUT2D eigenvalue weighted by Crippen LogP contribution is 2.30. The van der Waals surface area contributed by atoms with Gasteiger partial charge in [-0.3, -0.25) is 4.79 Å². The first kappa shape index (κ1) is 13.6. The van der Waals surface area contributed by atoms with Gasteiger partial charge in [0.15, 0.2) is 0 Å². The summed E-state index contributed by atoms with van der Waals surface area (Å²) in [6.45, 7) is 0.788. The number of carbonyl (C=O) groups is 1. The second-order valence-corrected chi connectivity index (χ2v) is 5.84. The van der Waals surface area contributed by atoms with Gasteiger partial charge in [-0.1, -0.05) is 31.0 Å². The van der Waals surface area contributed by atoms with Crippen molar-refractivity contribution >= 4 is 5.91 Å². The summed E-state index contributed by atoms with van der Waals surface area (Å²) in [5, 5.41) is 0. The standard InChI is InChI=1S/C17H23NO2/c19-17(14-8-2-1-3-9-14)18(15-10-4-5-11-15)16-12-6-7-13-20-16/h1-3,8-9,15-16H,4-7,10-13H2. The first-order valence-corrected chi connectivity index (χ1v) is 7.85. The fraction of sp³-hybridized carbons (Fsp3) is 0.588. The van der Waals surface area contributed by atoms with Gasteiger partial charge in [0, 0.05) is 18.2 Å². The Morgan fingerprint density at radius 2 is 1.70 bits per heavy atom. The van der Waals surface area contributed by atoms with Gasteiger partial charge in [0.25, 0.3) is 5.91 Å². The molecule has 3 nitrogen and oxygen atoms in total. The fourth-order valence-electron chi connectivity index (χ4n) is 3.39. The Kier molecular flexibility index (Phi) is 4.36. The highest BCUT2D eigenvalue weighted by atomic mass is 16.5. The minimum atomic E-state index is -0.0143. The second-order valence-electron chi connectivity index (χ2n) is 5.84. The number of ether oxygens (including phenoxy) is 1. The minimum Gasteiger partial charge on any atom is -0.358 e. The number of amides is 1. The third-order valence-corrected chi connectivity index (χ3v) is 4.44. The van der Waals surface area contributed by atoms with Crippen molar-refractivity contribution in [1.29, 1.82) is 0 Å². The van der Waals surface area contributed by atoms with Gasteiger partial charge in [-0.2, -0.15) is 0 Å². The van der Waals surface area contributed by atoms with Crippen molar-refractivity contribution in [2.24, 2.45) is 0 Å². The van der Waals surface area contributed by atoms with E-state index in [0.717, 1.165) is 44.3 Å². The van der Waals surface area contributed by atoms with Crippen LogP contribution in [0.2, 0.25) is 0 Å². The van der Waals surface area contributed by atoms with Gasteiger partial charge in [0.05, 0.1) is 0 Å². The summed E-state index contributed by atoms with van der Waals surface area (Å²) >= 11 is 0. The average molecular weight is 273 g/mol. The van der Waals surface area contributed by atoms with E-state index in [-0.39, 0.29) is 12.1 Å². The zero-order valence-corrected chi connectivity index (χ0v) is 12.0. The number of hydrogen-bond donors (Lipinski definition) is 0. The Balaban J connectivity index is 1.82. The van der Waals surface area contributed by atoms with Gasteiger partial charge in [-0.25, -0.2) is 0 Å². The lowest BCUT2D eigenvalue weighted by Crippen LogP contribution is -2.48. The maximum atomic E-state index is 12.9. The largest absolute Gasteiger partial charge is 0.358 e. The van der Waals surface area contributed by atoms with E-state index in [4.69, 9.17) is 4.74 Å². The summed E-state index contributed by atoms with van der Waals surface area (Å²) in [5.41, 5.74) is 0.786. The van der Waals surface area contributed by atoms with E-state index in [0.29, 0.717) is 6.04 Å². The zero-order valence-electron chi connectivity index (χ0n) is 12.0. The van der Waals surface area contributed by atoms with Crippen LogP contribution in [0.25, 0.3) is 0 Å². The van der Waals surface area contributed by atoms with E-state index in [1.54, 1.807) is 0 Å². The highest BCUT2D eigenvalue weighted by Gasteiger charge is 2.34. The summed E-state index contributed by atoms with van der Waals surface area (Å²) < 4.78 is 5.90. The van der Waals surface area contributed by atoms with Crippen LogP contribution in [0.1, 0.15) is 55.3 Å². The quantitative estimate of drug-likeness (QED) is 0.842. The van der Waals surface area contributed by atoms with Crippen molar-refractivity contribution in [3.05, 3.63) is 35.9 Å². The Labute approximate surface area is 120 Å². The molecule has 1 saturated heterocycles. The molecule has 2 fully saturated rings. The van der Waals surface area contributed by atoms with Crippen LogP contribution in [-0.2, 0) is 4.74 Å². The molecule has 20 heavy (non-hydrogen) atoms. The van der Waals surface area contributed by atoms with Gasteiger partial charge in [0.1, 0.15) is 6.23 Å². The molecule has 0 aromatic heterocycles. The van der Waals surface area contributed by atoms with Gasteiger partial charge >= 0.3 is 0 Å². The Hall–Kier alpha value is -1.35. The van der Waals surface area contributed by atoms with E-state index in [9.17, 15) is 4.79 Å². The lowest BCUT2D eigenvalue weighted by atomic mass is 10.1. The topological polar surface area (TPSA) is 29.5 Å². The molecule has 3 heteroatoms. The Bertz CT molecular complexity index is 434. The molecule has 1 aliphatic heterocycles. The molecule has 2 aliphatic rings. The van der Waals surface area contributed by atoms with Crippen molar-refractivity contribution in [1.82, 2.24) is 4.90 Å². The molecule has 1 unspecified atom stereocenters. The van der Waals surface area contributed by atoms with Crippen LogP contribution in [0.5, 0.6) is 0 Å². The molecule has 1 atom stereocenters. The zero-order chi connectivity index (χ0) is 13.8. The van der Waals surface area contributed by atoms with Crippen LogP contribution < -0.4 is 0 Å². The Morgan fingerprint density at radius 1 is 1.00 bits per heavy atom. The Morgan fingerprint density at radius 3 is 2.35 bits per heavy atom. The number of rotatable bonds is 3. The van der Waals surface area contributed by atoms with Crippen molar-refractivity contribution < 1.29 is 9.53 Å². The van der Waals surface area contributed by atoms with Crippen LogP contribution in [-0.4, -0.2) is 29.7 Å². The molecular formula is C17H23NO2. The third kappa shape index (κ3) is 2.88. The van der Waals surface area contributed by atoms with Crippen LogP contribution >= 0.6 is 0 Å². The average Bonchev–Trinajstić information content (AvgIpc) is 3.03. The van der Waals surface area contributed by atoms with E-state index >= 15 is 0 Å². The molecule has 1 aromatic carbocycles. The third-order valence-electron chi connectivity index (χ3n) is 4.44. The molecule has 0 N–H and O–H groups in total. The van der Waals surface area contributed by atoms with Gasteiger partial charge in [-0.05, 0) is 44.2 Å². The number of hydrogen-bond acceptors (Lipinski definition) is 2. The minimum absolute atomic E-state index is 0.0143. The number of carbonyl (C=O) groups excluding carboxylic acids is 1. The van der Waals surface area contributed by atoms with E-state index < -0.39 is 0 Å². The van der Waals surface area contributed by atoms with E-state index in [2.05, 4.69) is 0 Å². The summed E-state index contributed by atoms with van der Waals surface area (Å²) in [6.07, 6.45) is 7.96. The predicted molar refractivity (Wildman–Crippen MR) is 78.5 cm³/mol. The smallest absolute Gasteiger partial charge is 0.256 e. The van der Waals surface area contributed by atoms with Crippen LogP contribution in [0.3, 0.4) is 0 Å². The van der Waals surface area contributed by atoms with Crippen molar-refractivity contribution in [3.63, 3.8) is 0 Å². The normalized spacial score (nSPS) is 23.7. The van der Waals surface area contributed by atoms with Crippen LogP contribution in [0, 0.1) is 0 Å². The highest BCUT2D eigenvalue weighted by molar-refractivity contribution is 5.94. The van der Waals surface area contributed by atoms with Gasteiger partial charge in [0.2, 0.25) is 0 Å². The molecule has 0 radical (unpaired) electrons. The van der Waals surface area contributed by atoms with Gasteiger partial charge < -0.3 is 9.64 Å². The van der Waals surface area contributed by atoms with Crippen molar-refractivity contribution in [2.75, 3.05) is 6.61 Å². The molecule has 1 aliphatic carbocycles. The molecule has 1 saturated carbocycles. The number of benzene rings is 1. The molecular weight excluding hydrogens is 250 g/mol. The summed E-state index contributed by atoms with van der Waals surface area (Å²) in [5.74, 6) is 0.143. The predicted octanol–water partition coefficient (Wildman–Crippen LogP) is 3.60. The fourth-order valence-corrected chi connectivity index (χ4v) is 3.39. The molecule has 108 valence electrons. The first-order chi connectivity index (χ1) is 9.86. The van der Waals surface area contributed by atoms with Crippen molar-refractivity contribution in [2.45, 2.75) is 57.2 Å². The SMILES string of the molecule is O=C(c1ccccc1)N(C1CCCC1)C1CCCCO1. The summed E-state index contributed by atoms with van der Waals surface area (Å²) in [7, 11) is 0.